The van der Waals surface area contributed by atoms with E-state index in [0.29, 0.717) is 18.5 Å². The van der Waals surface area contributed by atoms with Crippen LogP contribution in [0.2, 0.25) is 0 Å². The molecule has 0 spiro atoms. The molecular formula is C16H24N4O. The van der Waals surface area contributed by atoms with Crippen LogP contribution in [0.25, 0.3) is 0 Å². The first-order chi connectivity index (χ1) is 10.3. The molecule has 2 aliphatic heterocycles. The SMILES string of the molecule is CNc1cc(C2CCCN2CC(=O)N2CCCC2)ccn1. The van der Waals surface area contributed by atoms with Gasteiger partial charge in [0.05, 0.1) is 6.54 Å². The first-order valence-electron chi connectivity index (χ1n) is 7.93. The van der Waals surface area contributed by atoms with E-state index in [9.17, 15) is 4.79 Å². The molecule has 21 heavy (non-hydrogen) atoms. The normalized spacial score (nSPS) is 22.7. The fourth-order valence-electron chi connectivity index (χ4n) is 3.42. The summed E-state index contributed by atoms with van der Waals surface area (Å²) in [6.45, 7) is 3.45. The van der Waals surface area contributed by atoms with Crippen LogP contribution in [0.15, 0.2) is 18.3 Å². The molecule has 2 saturated heterocycles. The molecular weight excluding hydrogens is 264 g/mol. The first kappa shape index (κ1) is 14.3. The van der Waals surface area contributed by atoms with Crippen molar-refractivity contribution < 1.29 is 4.79 Å². The summed E-state index contributed by atoms with van der Waals surface area (Å²) in [5.74, 6) is 1.19. The van der Waals surface area contributed by atoms with E-state index >= 15 is 0 Å². The first-order valence-corrected chi connectivity index (χ1v) is 7.93. The Kier molecular flexibility index (Phi) is 4.39. The highest BCUT2D eigenvalue weighted by Gasteiger charge is 2.29. The maximum absolute atomic E-state index is 12.4. The van der Waals surface area contributed by atoms with E-state index in [-0.39, 0.29) is 0 Å². The van der Waals surface area contributed by atoms with Crippen LogP contribution in [-0.4, -0.2) is 53.9 Å². The molecule has 0 aromatic carbocycles. The molecule has 2 fully saturated rings. The molecule has 1 aromatic heterocycles. The molecule has 1 unspecified atom stereocenters. The summed E-state index contributed by atoms with van der Waals surface area (Å²) >= 11 is 0. The third-order valence-electron chi connectivity index (χ3n) is 4.59. The van der Waals surface area contributed by atoms with Crippen LogP contribution in [-0.2, 0) is 4.79 Å². The van der Waals surface area contributed by atoms with Crippen molar-refractivity contribution in [1.82, 2.24) is 14.8 Å². The van der Waals surface area contributed by atoms with Gasteiger partial charge in [-0.25, -0.2) is 4.98 Å². The van der Waals surface area contributed by atoms with Gasteiger partial charge in [-0.2, -0.15) is 0 Å². The summed E-state index contributed by atoms with van der Waals surface area (Å²) in [6, 6.07) is 4.53. The third kappa shape index (κ3) is 3.18. The van der Waals surface area contributed by atoms with Crippen molar-refractivity contribution in [2.75, 3.05) is 38.5 Å². The number of rotatable bonds is 4. The number of hydrogen-bond acceptors (Lipinski definition) is 4. The zero-order valence-electron chi connectivity index (χ0n) is 12.7. The maximum atomic E-state index is 12.4. The smallest absolute Gasteiger partial charge is 0.236 e. The van der Waals surface area contributed by atoms with Crippen LogP contribution in [0.4, 0.5) is 5.82 Å². The minimum Gasteiger partial charge on any atom is -0.373 e. The largest absolute Gasteiger partial charge is 0.373 e. The number of aromatic nitrogens is 1. The lowest BCUT2D eigenvalue weighted by atomic mass is 10.1. The van der Waals surface area contributed by atoms with Crippen LogP contribution in [0.5, 0.6) is 0 Å². The van der Waals surface area contributed by atoms with E-state index in [0.717, 1.165) is 51.1 Å². The third-order valence-corrected chi connectivity index (χ3v) is 4.59. The van der Waals surface area contributed by atoms with Gasteiger partial charge in [0, 0.05) is 32.4 Å². The molecule has 0 aliphatic carbocycles. The molecule has 3 rings (SSSR count). The van der Waals surface area contributed by atoms with E-state index in [1.165, 1.54) is 5.56 Å². The summed E-state index contributed by atoms with van der Waals surface area (Å²) < 4.78 is 0. The highest BCUT2D eigenvalue weighted by atomic mass is 16.2. The van der Waals surface area contributed by atoms with Gasteiger partial charge in [0.2, 0.25) is 5.91 Å². The number of likely N-dealkylation sites (tertiary alicyclic amines) is 2. The van der Waals surface area contributed by atoms with Gasteiger partial charge in [-0.05, 0) is 49.9 Å². The number of hydrogen-bond donors (Lipinski definition) is 1. The number of pyridine rings is 1. The van der Waals surface area contributed by atoms with Crippen LogP contribution in [0, 0.1) is 0 Å². The summed E-state index contributed by atoms with van der Waals surface area (Å²) in [7, 11) is 1.88. The highest BCUT2D eigenvalue weighted by Crippen LogP contribution is 2.32. The molecule has 2 aliphatic rings. The number of amides is 1. The van der Waals surface area contributed by atoms with Crippen molar-refractivity contribution in [2.45, 2.75) is 31.7 Å². The summed E-state index contributed by atoms with van der Waals surface area (Å²) in [5.41, 5.74) is 1.26. The molecule has 0 saturated carbocycles. The number of nitrogens with one attached hydrogen (secondary N) is 1. The average Bonchev–Trinajstić information content (AvgIpc) is 3.18. The van der Waals surface area contributed by atoms with Crippen molar-refractivity contribution in [3.05, 3.63) is 23.9 Å². The van der Waals surface area contributed by atoms with Crippen molar-refractivity contribution in [3.63, 3.8) is 0 Å². The van der Waals surface area contributed by atoms with Crippen LogP contribution in [0.1, 0.15) is 37.3 Å². The van der Waals surface area contributed by atoms with Gasteiger partial charge in [0.1, 0.15) is 5.82 Å². The van der Waals surface area contributed by atoms with Gasteiger partial charge in [0.15, 0.2) is 0 Å². The van der Waals surface area contributed by atoms with Gasteiger partial charge in [-0.3, -0.25) is 9.69 Å². The number of nitrogens with zero attached hydrogens (tertiary/aromatic N) is 3. The molecule has 5 nitrogen and oxygen atoms in total. The Morgan fingerprint density at radius 2 is 2.14 bits per heavy atom. The second-order valence-electron chi connectivity index (χ2n) is 5.94. The summed E-state index contributed by atoms with van der Waals surface area (Å²) in [6.07, 6.45) is 6.45. The maximum Gasteiger partial charge on any atom is 0.236 e. The van der Waals surface area contributed by atoms with Crippen LogP contribution < -0.4 is 5.32 Å². The molecule has 3 heterocycles. The monoisotopic (exact) mass is 288 g/mol. The van der Waals surface area contributed by atoms with E-state index in [1.807, 2.05) is 18.1 Å². The Labute approximate surface area is 126 Å². The van der Waals surface area contributed by atoms with E-state index in [1.54, 1.807) is 0 Å². The highest BCUT2D eigenvalue weighted by molar-refractivity contribution is 5.78. The number of carbonyl (C=O) groups is 1. The van der Waals surface area contributed by atoms with E-state index < -0.39 is 0 Å². The molecule has 1 N–H and O–H groups in total. The lowest BCUT2D eigenvalue weighted by Gasteiger charge is -2.26. The lowest BCUT2D eigenvalue weighted by Crippen LogP contribution is -2.38. The van der Waals surface area contributed by atoms with Crippen LogP contribution in [0.3, 0.4) is 0 Å². The lowest BCUT2D eigenvalue weighted by molar-refractivity contribution is -0.131. The fraction of sp³-hybridized carbons (Fsp3) is 0.625. The van der Waals surface area contributed by atoms with Crippen molar-refractivity contribution in [1.29, 1.82) is 0 Å². The van der Waals surface area contributed by atoms with Gasteiger partial charge < -0.3 is 10.2 Å². The predicted octanol–water partition coefficient (Wildman–Crippen LogP) is 1.88. The molecule has 1 aromatic rings. The minimum atomic E-state index is 0.294. The Morgan fingerprint density at radius 3 is 2.90 bits per heavy atom. The molecule has 5 heteroatoms. The second kappa shape index (κ2) is 6.43. The Bertz CT molecular complexity index is 499. The van der Waals surface area contributed by atoms with Crippen LogP contribution >= 0.6 is 0 Å². The van der Waals surface area contributed by atoms with Gasteiger partial charge >= 0.3 is 0 Å². The molecule has 0 bridgehead atoms. The second-order valence-corrected chi connectivity index (χ2v) is 5.94. The van der Waals surface area contributed by atoms with Gasteiger partial charge in [0.25, 0.3) is 0 Å². The van der Waals surface area contributed by atoms with Gasteiger partial charge in [-0.1, -0.05) is 0 Å². The Hall–Kier alpha value is -1.62. The predicted molar refractivity (Wildman–Crippen MR) is 83.1 cm³/mol. The molecule has 0 radical (unpaired) electrons. The number of anilines is 1. The summed E-state index contributed by atoms with van der Waals surface area (Å²) in [4.78, 5) is 21.0. The topological polar surface area (TPSA) is 48.5 Å². The Morgan fingerprint density at radius 1 is 1.33 bits per heavy atom. The van der Waals surface area contributed by atoms with E-state index in [2.05, 4.69) is 27.3 Å². The van der Waals surface area contributed by atoms with E-state index in [4.69, 9.17) is 0 Å². The van der Waals surface area contributed by atoms with Crippen molar-refractivity contribution in [2.24, 2.45) is 0 Å². The Balaban J connectivity index is 1.68. The minimum absolute atomic E-state index is 0.294. The summed E-state index contributed by atoms with van der Waals surface area (Å²) in [5, 5.41) is 3.09. The quantitative estimate of drug-likeness (QED) is 0.919. The molecule has 1 atom stereocenters. The average molecular weight is 288 g/mol. The van der Waals surface area contributed by atoms with Gasteiger partial charge in [-0.15, -0.1) is 0 Å². The standard InChI is InChI=1S/C16H24N4O/c1-17-15-11-13(6-7-18-15)14-5-4-10-20(14)12-16(21)19-8-2-3-9-19/h6-7,11,14H,2-5,8-10,12H2,1H3,(H,17,18). The zero-order valence-corrected chi connectivity index (χ0v) is 12.7. The zero-order chi connectivity index (χ0) is 14.7. The van der Waals surface area contributed by atoms with Crippen molar-refractivity contribution in [3.8, 4) is 0 Å². The molecule has 114 valence electrons. The molecule has 1 amide bonds. The van der Waals surface area contributed by atoms with Crippen molar-refractivity contribution >= 4 is 11.7 Å². The fourth-order valence-corrected chi connectivity index (χ4v) is 3.42. The number of carbonyl (C=O) groups excluding carboxylic acids is 1.